The van der Waals surface area contributed by atoms with Gasteiger partial charge in [0.2, 0.25) is 0 Å². The molecule has 20 heavy (non-hydrogen) atoms. The molecular formula is C19H25N. The molecule has 106 valence electrons. The maximum absolute atomic E-state index is 3.60. The molecule has 0 aliphatic carbocycles. The first-order valence-electron chi connectivity index (χ1n) is 7.31. The van der Waals surface area contributed by atoms with Gasteiger partial charge in [-0.2, -0.15) is 0 Å². The quantitative estimate of drug-likeness (QED) is 0.848. The monoisotopic (exact) mass is 267 g/mol. The van der Waals surface area contributed by atoms with Crippen LogP contribution in [-0.2, 0) is 12.0 Å². The van der Waals surface area contributed by atoms with Gasteiger partial charge in [-0.25, -0.2) is 0 Å². The van der Waals surface area contributed by atoms with E-state index in [0.29, 0.717) is 0 Å². The fourth-order valence-electron chi connectivity index (χ4n) is 2.55. The second kappa shape index (κ2) is 6.23. The van der Waals surface area contributed by atoms with Crippen molar-refractivity contribution in [1.29, 1.82) is 0 Å². The Balaban J connectivity index is 1.95. The molecule has 2 aromatic carbocycles. The molecule has 0 unspecified atom stereocenters. The van der Waals surface area contributed by atoms with E-state index >= 15 is 0 Å². The van der Waals surface area contributed by atoms with Crippen LogP contribution in [0.3, 0.4) is 0 Å². The molecule has 0 heterocycles. The van der Waals surface area contributed by atoms with Crippen LogP contribution in [0, 0.1) is 13.8 Å². The van der Waals surface area contributed by atoms with Crippen LogP contribution in [0.2, 0.25) is 0 Å². The number of rotatable bonds is 5. The summed E-state index contributed by atoms with van der Waals surface area (Å²) < 4.78 is 0. The van der Waals surface area contributed by atoms with Crippen LogP contribution in [0.1, 0.15) is 36.1 Å². The van der Waals surface area contributed by atoms with Crippen LogP contribution in [-0.4, -0.2) is 6.54 Å². The highest BCUT2D eigenvalue weighted by Gasteiger charge is 2.19. The number of hydrogen-bond donors (Lipinski definition) is 1. The van der Waals surface area contributed by atoms with Gasteiger partial charge in [0.25, 0.3) is 0 Å². The Morgan fingerprint density at radius 2 is 1.65 bits per heavy atom. The second-order valence-electron chi connectivity index (χ2n) is 6.28. The van der Waals surface area contributed by atoms with E-state index in [2.05, 4.69) is 81.5 Å². The van der Waals surface area contributed by atoms with Crippen molar-refractivity contribution < 1.29 is 0 Å². The Morgan fingerprint density at radius 1 is 0.950 bits per heavy atom. The fourth-order valence-corrected chi connectivity index (χ4v) is 2.55. The molecule has 0 radical (unpaired) electrons. The lowest BCUT2D eigenvalue weighted by atomic mass is 9.84. The van der Waals surface area contributed by atoms with Gasteiger partial charge in [0.15, 0.2) is 0 Å². The molecule has 0 aliphatic rings. The van der Waals surface area contributed by atoms with Crippen molar-refractivity contribution in [1.82, 2.24) is 5.32 Å². The minimum absolute atomic E-state index is 0.153. The molecular weight excluding hydrogens is 242 g/mol. The van der Waals surface area contributed by atoms with Crippen LogP contribution in [0.25, 0.3) is 0 Å². The van der Waals surface area contributed by atoms with Crippen molar-refractivity contribution in [2.24, 2.45) is 0 Å². The molecule has 1 nitrogen and oxygen atoms in total. The molecule has 1 N–H and O–H groups in total. The van der Waals surface area contributed by atoms with Crippen molar-refractivity contribution in [2.45, 2.75) is 39.7 Å². The molecule has 0 fully saturated rings. The van der Waals surface area contributed by atoms with Gasteiger partial charge in [0.1, 0.15) is 0 Å². The van der Waals surface area contributed by atoms with Crippen molar-refractivity contribution >= 4 is 0 Å². The Labute approximate surface area is 123 Å². The van der Waals surface area contributed by atoms with E-state index in [4.69, 9.17) is 0 Å². The highest BCUT2D eigenvalue weighted by Crippen LogP contribution is 2.22. The van der Waals surface area contributed by atoms with Crippen LogP contribution >= 0.6 is 0 Å². The first-order chi connectivity index (χ1) is 9.49. The number of benzene rings is 2. The minimum atomic E-state index is 0.153. The summed E-state index contributed by atoms with van der Waals surface area (Å²) in [6, 6.07) is 17.4. The SMILES string of the molecule is Cc1ccc(CNCC(C)(C)c2ccccc2)c(C)c1. The molecule has 0 bridgehead atoms. The van der Waals surface area contributed by atoms with E-state index in [0.717, 1.165) is 13.1 Å². The largest absolute Gasteiger partial charge is 0.312 e. The Kier molecular flexibility index (Phi) is 4.61. The van der Waals surface area contributed by atoms with E-state index in [1.165, 1.54) is 22.3 Å². The lowest BCUT2D eigenvalue weighted by molar-refractivity contribution is 0.468. The molecule has 0 spiro atoms. The van der Waals surface area contributed by atoms with Gasteiger partial charge >= 0.3 is 0 Å². The number of hydrogen-bond acceptors (Lipinski definition) is 1. The summed E-state index contributed by atoms with van der Waals surface area (Å²) in [5.74, 6) is 0. The van der Waals surface area contributed by atoms with Gasteiger partial charge in [-0.1, -0.05) is 67.9 Å². The topological polar surface area (TPSA) is 12.0 Å². The minimum Gasteiger partial charge on any atom is -0.312 e. The van der Waals surface area contributed by atoms with E-state index in [1.54, 1.807) is 0 Å². The molecule has 0 aliphatic heterocycles. The van der Waals surface area contributed by atoms with Crippen molar-refractivity contribution in [3.8, 4) is 0 Å². The standard InChI is InChI=1S/C19H25N/c1-15-10-11-17(16(2)12-15)13-20-14-19(3,4)18-8-6-5-7-9-18/h5-12,20H,13-14H2,1-4H3. The molecule has 1 heteroatoms. The van der Waals surface area contributed by atoms with Gasteiger partial charge in [-0.3, -0.25) is 0 Å². The third-order valence-corrected chi connectivity index (χ3v) is 3.94. The molecule has 0 atom stereocenters. The van der Waals surface area contributed by atoms with Crippen molar-refractivity contribution in [3.05, 3.63) is 70.8 Å². The van der Waals surface area contributed by atoms with E-state index in [9.17, 15) is 0 Å². The Morgan fingerprint density at radius 3 is 2.30 bits per heavy atom. The molecule has 0 saturated heterocycles. The summed E-state index contributed by atoms with van der Waals surface area (Å²) in [6.07, 6.45) is 0. The van der Waals surface area contributed by atoms with E-state index < -0.39 is 0 Å². The smallest absolute Gasteiger partial charge is 0.0208 e. The van der Waals surface area contributed by atoms with Gasteiger partial charge in [-0.15, -0.1) is 0 Å². The second-order valence-corrected chi connectivity index (χ2v) is 6.28. The normalized spacial score (nSPS) is 11.6. The molecule has 0 aromatic heterocycles. The molecule has 2 rings (SSSR count). The first kappa shape index (κ1) is 14.8. The predicted octanol–water partition coefficient (Wildman–Crippen LogP) is 4.37. The highest BCUT2D eigenvalue weighted by atomic mass is 14.9. The maximum Gasteiger partial charge on any atom is 0.0208 e. The van der Waals surface area contributed by atoms with E-state index in [-0.39, 0.29) is 5.41 Å². The Bertz CT molecular complexity index is 555. The summed E-state index contributed by atoms with van der Waals surface area (Å²) in [6.45, 7) is 10.8. The average molecular weight is 267 g/mol. The summed E-state index contributed by atoms with van der Waals surface area (Å²) in [5, 5.41) is 3.60. The zero-order chi connectivity index (χ0) is 14.6. The summed E-state index contributed by atoms with van der Waals surface area (Å²) >= 11 is 0. The number of nitrogens with one attached hydrogen (secondary N) is 1. The third-order valence-electron chi connectivity index (χ3n) is 3.94. The average Bonchev–Trinajstić information content (AvgIpc) is 2.42. The third kappa shape index (κ3) is 3.71. The fraction of sp³-hybridized carbons (Fsp3) is 0.368. The molecule has 0 saturated carbocycles. The van der Waals surface area contributed by atoms with Crippen LogP contribution in [0.4, 0.5) is 0 Å². The van der Waals surface area contributed by atoms with Crippen molar-refractivity contribution in [2.75, 3.05) is 6.54 Å². The zero-order valence-electron chi connectivity index (χ0n) is 13.0. The van der Waals surface area contributed by atoms with Gasteiger partial charge < -0.3 is 5.32 Å². The van der Waals surface area contributed by atoms with Crippen LogP contribution < -0.4 is 5.32 Å². The maximum atomic E-state index is 3.60. The lowest BCUT2D eigenvalue weighted by Gasteiger charge is -2.26. The predicted molar refractivity (Wildman–Crippen MR) is 87.1 cm³/mol. The van der Waals surface area contributed by atoms with Crippen molar-refractivity contribution in [3.63, 3.8) is 0 Å². The van der Waals surface area contributed by atoms with E-state index in [1.807, 2.05) is 0 Å². The van der Waals surface area contributed by atoms with Crippen LogP contribution in [0.15, 0.2) is 48.5 Å². The van der Waals surface area contributed by atoms with Gasteiger partial charge in [0, 0.05) is 18.5 Å². The first-order valence-corrected chi connectivity index (χ1v) is 7.31. The van der Waals surface area contributed by atoms with Crippen LogP contribution in [0.5, 0.6) is 0 Å². The lowest BCUT2D eigenvalue weighted by Crippen LogP contribution is -2.32. The van der Waals surface area contributed by atoms with Gasteiger partial charge in [-0.05, 0) is 30.5 Å². The summed E-state index contributed by atoms with van der Waals surface area (Å²) in [7, 11) is 0. The highest BCUT2D eigenvalue weighted by molar-refractivity contribution is 5.30. The Hall–Kier alpha value is -1.60. The molecule has 0 amide bonds. The zero-order valence-corrected chi connectivity index (χ0v) is 13.0. The summed E-state index contributed by atoms with van der Waals surface area (Å²) in [4.78, 5) is 0. The number of aryl methyl sites for hydroxylation is 2. The summed E-state index contributed by atoms with van der Waals surface area (Å²) in [5.41, 5.74) is 5.62. The molecule has 2 aromatic rings. The van der Waals surface area contributed by atoms with Gasteiger partial charge in [0.05, 0.1) is 0 Å².